The Hall–Kier alpha value is -0.670. The molecule has 0 aliphatic rings. The molecule has 0 heterocycles. The van der Waals surface area contributed by atoms with E-state index in [1.54, 1.807) is 0 Å². The molecule has 0 radical (unpaired) electrons. The summed E-state index contributed by atoms with van der Waals surface area (Å²) in [6.45, 7) is 6.63. The Morgan fingerprint density at radius 2 is 1.60 bits per heavy atom. The Bertz CT molecular complexity index is 310. The fourth-order valence-corrected chi connectivity index (χ4v) is 1.11. The molecular weight excluding hydrogens is 232 g/mol. The molecule has 0 saturated heterocycles. The molecule has 0 aromatic heterocycles. The average molecular weight is 247 g/mol. The molecule has 0 fully saturated rings. The summed E-state index contributed by atoms with van der Waals surface area (Å²) in [5, 5.41) is 7.18. The van der Waals surface area contributed by atoms with Crippen molar-refractivity contribution >= 4 is 29.7 Å². The van der Waals surface area contributed by atoms with E-state index in [0.29, 0.717) is 0 Å². The van der Waals surface area contributed by atoms with E-state index in [9.17, 15) is 0 Å². The standard InChI is InChI=1S/C10H14S.CHClO2/c1-10(2,3)8-4-6-9(11)7-5-8;2-1(3)4/h4-7,11H,1-3H3;(H,3,4). The number of thiol groups is 1. The molecule has 0 atom stereocenters. The Morgan fingerprint density at radius 1 is 1.27 bits per heavy atom. The summed E-state index contributed by atoms with van der Waals surface area (Å²) < 4.78 is 0. The van der Waals surface area contributed by atoms with E-state index >= 15 is 0 Å². The van der Waals surface area contributed by atoms with Crippen LogP contribution >= 0.6 is 24.2 Å². The Labute approximate surface area is 101 Å². The first-order valence-corrected chi connectivity index (χ1v) is 5.24. The largest absolute Gasteiger partial charge is 0.469 e. The normalized spacial score (nSPS) is 10.2. The van der Waals surface area contributed by atoms with Crippen LogP contribution in [0.25, 0.3) is 0 Å². The first-order chi connectivity index (χ1) is 6.73. The lowest BCUT2D eigenvalue weighted by molar-refractivity contribution is 0.220. The van der Waals surface area contributed by atoms with Crippen molar-refractivity contribution in [3.8, 4) is 0 Å². The van der Waals surface area contributed by atoms with Gasteiger partial charge in [-0.2, -0.15) is 0 Å². The molecule has 1 aromatic rings. The molecule has 0 spiro atoms. The second-order valence-corrected chi connectivity index (χ2v) is 4.89. The number of hydrogen-bond acceptors (Lipinski definition) is 2. The Kier molecular flexibility index (Phi) is 5.76. The van der Waals surface area contributed by atoms with Gasteiger partial charge in [0.15, 0.2) is 0 Å². The molecule has 2 nitrogen and oxygen atoms in total. The van der Waals surface area contributed by atoms with Gasteiger partial charge in [0, 0.05) is 16.5 Å². The van der Waals surface area contributed by atoms with Crippen molar-refractivity contribution in [1.82, 2.24) is 0 Å². The smallest absolute Gasteiger partial charge is 0.401 e. The minimum Gasteiger partial charge on any atom is -0.469 e. The summed E-state index contributed by atoms with van der Waals surface area (Å²) in [7, 11) is 0. The highest BCUT2D eigenvalue weighted by molar-refractivity contribution is 7.80. The lowest BCUT2D eigenvalue weighted by atomic mass is 9.87. The van der Waals surface area contributed by atoms with Crippen LogP contribution in [0, 0.1) is 0 Å². The molecule has 0 saturated carbocycles. The van der Waals surface area contributed by atoms with Crippen LogP contribution in [0.15, 0.2) is 29.2 Å². The third-order valence-electron chi connectivity index (χ3n) is 1.73. The minimum absolute atomic E-state index is 0.251. The minimum atomic E-state index is -1.36. The number of carboxylic acid groups (broad SMARTS) is 1. The van der Waals surface area contributed by atoms with Crippen molar-refractivity contribution in [1.29, 1.82) is 0 Å². The van der Waals surface area contributed by atoms with Crippen molar-refractivity contribution in [2.24, 2.45) is 0 Å². The summed E-state index contributed by atoms with van der Waals surface area (Å²) in [6.07, 6.45) is 0. The average Bonchev–Trinajstić information content (AvgIpc) is 2.01. The maximum absolute atomic E-state index is 8.77. The van der Waals surface area contributed by atoms with Gasteiger partial charge in [0.25, 0.3) is 0 Å². The van der Waals surface area contributed by atoms with Gasteiger partial charge in [-0.25, -0.2) is 4.79 Å². The van der Waals surface area contributed by atoms with Gasteiger partial charge >= 0.3 is 5.43 Å². The summed E-state index contributed by atoms with van der Waals surface area (Å²) in [5.41, 5.74) is 0.247. The molecule has 1 aromatic carbocycles. The van der Waals surface area contributed by atoms with Crippen LogP contribution < -0.4 is 0 Å². The Morgan fingerprint density at radius 3 is 1.87 bits per heavy atom. The first-order valence-electron chi connectivity index (χ1n) is 4.41. The topological polar surface area (TPSA) is 37.3 Å². The predicted molar refractivity (Wildman–Crippen MR) is 66.3 cm³/mol. The van der Waals surface area contributed by atoms with Gasteiger partial charge in [0.2, 0.25) is 0 Å². The van der Waals surface area contributed by atoms with E-state index < -0.39 is 5.43 Å². The van der Waals surface area contributed by atoms with Crippen LogP contribution in [0.2, 0.25) is 0 Å². The van der Waals surface area contributed by atoms with Gasteiger partial charge in [-0.3, -0.25) is 0 Å². The maximum Gasteiger partial charge on any atom is 0.401 e. The van der Waals surface area contributed by atoms with Crippen molar-refractivity contribution in [3.63, 3.8) is 0 Å². The van der Waals surface area contributed by atoms with E-state index in [-0.39, 0.29) is 5.41 Å². The van der Waals surface area contributed by atoms with E-state index in [1.165, 1.54) is 5.56 Å². The molecule has 0 aliphatic carbocycles. The van der Waals surface area contributed by atoms with Gasteiger partial charge < -0.3 is 5.11 Å². The monoisotopic (exact) mass is 246 g/mol. The molecule has 1 rings (SSSR count). The molecule has 0 bridgehead atoms. The third kappa shape index (κ3) is 7.28. The molecule has 4 heteroatoms. The maximum atomic E-state index is 8.77. The van der Waals surface area contributed by atoms with E-state index in [0.717, 1.165) is 4.90 Å². The van der Waals surface area contributed by atoms with E-state index in [2.05, 4.69) is 57.1 Å². The van der Waals surface area contributed by atoms with E-state index in [1.807, 2.05) is 12.1 Å². The zero-order valence-corrected chi connectivity index (χ0v) is 10.6. The van der Waals surface area contributed by atoms with Crippen LogP contribution in [0.5, 0.6) is 0 Å². The SMILES string of the molecule is CC(C)(C)c1ccc(S)cc1.O=C(O)Cl. The quantitative estimate of drug-likeness (QED) is 0.532. The van der Waals surface area contributed by atoms with Crippen molar-refractivity contribution in [2.75, 3.05) is 0 Å². The second kappa shape index (κ2) is 6.03. The number of carbonyl (C=O) groups is 1. The lowest BCUT2D eigenvalue weighted by Crippen LogP contribution is -2.10. The van der Waals surface area contributed by atoms with Crippen molar-refractivity contribution < 1.29 is 9.90 Å². The summed E-state index contributed by atoms with van der Waals surface area (Å²) in [4.78, 5) is 9.79. The van der Waals surface area contributed by atoms with E-state index in [4.69, 9.17) is 9.90 Å². The number of rotatable bonds is 0. The van der Waals surface area contributed by atoms with Gasteiger partial charge in [0.1, 0.15) is 0 Å². The second-order valence-electron chi connectivity index (χ2n) is 4.05. The highest BCUT2D eigenvalue weighted by Gasteiger charge is 2.11. The van der Waals surface area contributed by atoms with Gasteiger partial charge in [-0.05, 0) is 23.1 Å². The molecular formula is C11H15ClO2S. The first kappa shape index (κ1) is 14.3. The fraction of sp³-hybridized carbons (Fsp3) is 0.364. The summed E-state index contributed by atoms with van der Waals surface area (Å²) in [6, 6.07) is 8.32. The number of halogens is 1. The van der Waals surface area contributed by atoms with Crippen LogP contribution in [0.4, 0.5) is 4.79 Å². The Balaban J connectivity index is 0.000000423. The summed E-state index contributed by atoms with van der Waals surface area (Å²) in [5.74, 6) is 0. The van der Waals surface area contributed by atoms with Crippen LogP contribution in [-0.2, 0) is 5.41 Å². The molecule has 15 heavy (non-hydrogen) atoms. The number of hydrogen-bond donors (Lipinski definition) is 2. The van der Waals surface area contributed by atoms with Gasteiger partial charge in [0.05, 0.1) is 0 Å². The van der Waals surface area contributed by atoms with Crippen LogP contribution in [-0.4, -0.2) is 10.5 Å². The number of benzene rings is 1. The van der Waals surface area contributed by atoms with Crippen LogP contribution in [0.3, 0.4) is 0 Å². The lowest BCUT2D eigenvalue weighted by Gasteiger charge is -2.18. The zero-order valence-electron chi connectivity index (χ0n) is 8.99. The third-order valence-corrected chi connectivity index (χ3v) is 2.03. The molecule has 0 unspecified atom stereocenters. The molecule has 84 valence electrons. The molecule has 0 amide bonds. The van der Waals surface area contributed by atoms with Crippen molar-refractivity contribution in [2.45, 2.75) is 31.1 Å². The predicted octanol–water partition coefficient (Wildman–Crippen LogP) is 4.18. The van der Waals surface area contributed by atoms with Crippen molar-refractivity contribution in [3.05, 3.63) is 29.8 Å². The molecule has 1 N–H and O–H groups in total. The summed E-state index contributed by atoms with van der Waals surface area (Å²) >= 11 is 8.42. The zero-order chi connectivity index (χ0) is 12.1. The van der Waals surface area contributed by atoms with Crippen LogP contribution in [0.1, 0.15) is 26.3 Å². The fourth-order valence-electron chi connectivity index (χ4n) is 0.961. The van der Waals surface area contributed by atoms with Gasteiger partial charge in [-0.1, -0.05) is 32.9 Å². The highest BCUT2D eigenvalue weighted by atomic mass is 35.5. The molecule has 0 aliphatic heterocycles. The van der Waals surface area contributed by atoms with Gasteiger partial charge in [-0.15, -0.1) is 12.6 Å². The highest BCUT2D eigenvalue weighted by Crippen LogP contribution is 2.22.